The highest BCUT2D eigenvalue weighted by molar-refractivity contribution is 6.29. The van der Waals surface area contributed by atoms with Crippen molar-refractivity contribution < 1.29 is 0 Å². The van der Waals surface area contributed by atoms with Crippen molar-refractivity contribution in [3.05, 3.63) is 22.7 Å². The Balaban J connectivity index is 2.07. The smallest absolute Gasteiger partial charge is 0.133 e. The van der Waals surface area contributed by atoms with Crippen LogP contribution in [0.5, 0.6) is 0 Å². The Labute approximate surface area is 115 Å². The molecule has 1 fully saturated rings. The van der Waals surface area contributed by atoms with E-state index in [0.29, 0.717) is 11.1 Å². The summed E-state index contributed by atoms with van der Waals surface area (Å²) in [7, 11) is 0. The molecule has 0 spiro atoms. The molecule has 0 aromatic carbocycles. The van der Waals surface area contributed by atoms with E-state index in [-0.39, 0.29) is 0 Å². The molecule has 1 aliphatic carbocycles. The van der Waals surface area contributed by atoms with Gasteiger partial charge in [-0.3, -0.25) is 0 Å². The molecule has 3 heteroatoms. The zero-order valence-corrected chi connectivity index (χ0v) is 12.4. The van der Waals surface area contributed by atoms with Crippen LogP contribution in [-0.4, -0.2) is 9.97 Å². The van der Waals surface area contributed by atoms with Gasteiger partial charge in [0.15, 0.2) is 0 Å². The summed E-state index contributed by atoms with van der Waals surface area (Å²) in [6.07, 6.45) is 5.97. The van der Waals surface area contributed by atoms with Gasteiger partial charge >= 0.3 is 0 Å². The summed E-state index contributed by atoms with van der Waals surface area (Å²) < 4.78 is 0. The second-order valence-electron chi connectivity index (χ2n) is 5.75. The van der Waals surface area contributed by atoms with Gasteiger partial charge in [0.25, 0.3) is 0 Å². The van der Waals surface area contributed by atoms with Gasteiger partial charge in [-0.1, -0.05) is 32.4 Å². The highest BCUT2D eigenvalue weighted by Crippen LogP contribution is 2.37. The standard InChI is InChI=1S/C15H23ClN2/c1-4-13-9-14(16)18-15(17-13)12-7-5-11(6-8-12)10(2)3/h9-12H,4-8H2,1-3H3. The quantitative estimate of drug-likeness (QED) is 0.746. The van der Waals surface area contributed by atoms with Gasteiger partial charge in [0.2, 0.25) is 0 Å². The molecule has 0 bridgehead atoms. The largest absolute Gasteiger partial charge is 0.238 e. The molecule has 0 aliphatic heterocycles. The SMILES string of the molecule is CCc1cc(Cl)nc(C2CCC(C(C)C)CC2)n1. The molecule has 0 unspecified atom stereocenters. The third-order valence-corrected chi connectivity index (χ3v) is 4.40. The Hall–Kier alpha value is -0.630. The average molecular weight is 267 g/mol. The summed E-state index contributed by atoms with van der Waals surface area (Å²) in [5.74, 6) is 3.18. The maximum Gasteiger partial charge on any atom is 0.133 e. The number of aryl methyl sites for hydroxylation is 1. The Morgan fingerprint density at radius 2 is 1.89 bits per heavy atom. The minimum Gasteiger partial charge on any atom is -0.238 e. The fraction of sp³-hybridized carbons (Fsp3) is 0.733. The Bertz CT molecular complexity index is 395. The van der Waals surface area contributed by atoms with Gasteiger partial charge in [-0.05, 0) is 50.0 Å². The number of halogens is 1. The van der Waals surface area contributed by atoms with E-state index in [4.69, 9.17) is 11.6 Å². The van der Waals surface area contributed by atoms with Gasteiger partial charge < -0.3 is 0 Å². The number of aromatic nitrogens is 2. The summed E-state index contributed by atoms with van der Waals surface area (Å²) in [4.78, 5) is 9.08. The van der Waals surface area contributed by atoms with Crippen molar-refractivity contribution in [1.29, 1.82) is 0 Å². The van der Waals surface area contributed by atoms with Crippen LogP contribution in [0, 0.1) is 11.8 Å². The monoisotopic (exact) mass is 266 g/mol. The maximum atomic E-state index is 6.08. The van der Waals surface area contributed by atoms with E-state index in [1.165, 1.54) is 25.7 Å². The minimum atomic E-state index is 0.518. The van der Waals surface area contributed by atoms with Crippen LogP contribution >= 0.6 is 11.6 Å². The van der Waals surface area contributed by atoms with E-state index in [0.717, 1.165) is 29.8 Å². The van der Waals surface area contributed by atoms with Crippen molar-refractivity contribution in [3.63, 3.8) is 0 Å². The number of hydrogen-bond acceptors (Lipinski definition) is 2. The van der Waals surface area contributed by atoms with E-state index in [1.807, 2.05) is 6.07 Å². The molecule has 1 saturated carbocycles. The van der Waals surface area contributed by atoms with Crippen LogP contribution in [-0.2, 0) is 6.42 Å². The summed E-state index contributed by atoms with van der Waals surface area (Å²) >= 11 is 6.08. The zero-order chi connectivity index (χ0) is 13.1. The van der Waals surface area contributed by atoms with E-state index in [9.17, 15) is 0 Å². The predicted molar refractivity (Wildman–Crippen MR) is 76.0 cm³/mol. The molecule has 2 nitrogen and oxygen atoms in total. The topological polar surface area (TPSA) is 25.8 Å². The van der Waals surface area contributed by atoms with Crippen molar-refractivity contribution >= 4 is 11.6 Å². The van der Waals surface area contributed by atoms with E-state index >= 15 is 0 Å². The summed E-state index contributed by atoms with van der Waals surface area (Å²) in [5.41, 5.74) is 1.07. The van der Waals surface area contributed by atoms with Crippen molar-refractivity contribution in [2.45, 2.75) is 58.8 Å². The normalized spacial score (nSPS) is 24.5. The lowest BCUT2D eigenvalue weighted by atomic mass is 9.77. The van der Waals surface area contributed by atoms with Gasteiger partial charge in [0.05, 0.1) is 0 Å². The molecule has 1 aromatic heterocycles. The minimum absolute atomic E-state index is 0.518. The molecule has 18 heavy (non-hydrogen) atoms. The summed E-state index contributed by atoms with van der Waals surface area (Å²) in [5, 5.41) is 0.600. The van der Waals surface area contributed by atoms with Crippen LogP contribution in [0.15, 0.2) is 6.07 Å². The van der Waals surface area contributed by atoms with Gasteiger partial charge in [-0.15, -0.1) is 0 Å². The van der Waals surface area contributed by atoms with Gasteiger partial charge in [-0.25, -0.2) is 9.97 Å². The molecule has 1 heterocycles. The molecule has 0 N–H and O–H groups in total. The fourth-order valence-corrected chi connectivity index (χ4v) is 3.10. The molecule has 1 aliphatic rings. The summed E-state index contributed by atoms with van der Waals surface area (Å²) in [6, 6.07) is 1.88. The average Bonchev–Trinajstić information content (AvgIpc) is 2.38. The second-order valence-corrected chi connectivity index (χ2v) is 6.14. The lowest BCUT2D eigenvalue weighted by molar-refractivity contribution is 0.254. The molecule has 0 atom stereocenters. The van der Waals surface area contributed by atoms with Crippen LogP contribution < -0.4 is 0 Å². The van der Waals surface area contributed by atoms with Gasteiger partial charge in [0.1, 0.15) is 11.0 Å². The number of hydrogen-bond donors (Lipinski definition) is 0. The molecule has 1 aromatic rings. The maximum absolute atomic E-state index is 6.08. The van der Waals surface area contributed by atoms with E-state index in [1.54, 1.807) is 0 Å². The third-order valence-electron chi connectivity index (χ3n) is 4.21. The molecule has 2 rings (SSSR count). The Kier molecular flexibility index (Phi) is 4.60. The molecule has 0 radical (unpaired) electrons. The van der Waals surface area contributed by atoms with Crippen molar-refractivity contribution in [1.82, 2.24) is 9.97 Å². The second kappa shape index (κ2) is 6.01. The lowest BCUT2D eigenvalue weighted by Crippen LogP contribution is -2.19. The van der Waals surface area contributed by atoms with Gasteiger partial charge in [-0.2, -0.15) is 0 Å². The zero-order valence-electron chi connectivity index (χ0n) is 11.6. The molecule has 0 saturated heterocycles. The first-order chi connectivity index (χ1) is 8.60. The fourth-order valence-electron chi connectivity index (χ4n) is 2.89. The van der Waals surface area contributed by atoms with Crippen molar-refractivity contribution in [3.8, 4) is 0 Å². The van der Waals surface area contributed by atoms with Gasteiger partial charge in [0, 0.05) is 11.6 Å². The van der Waals surface area contributed by atoms with Crippen LogP contribution in [0.4, 0.5) is 0 Å². The lowest BCUT2D eigenvalue weighted by Gasteiger charge is -2.30. The van der Waals surface area contributed by atoms with Crippen molar-refractivity contribution in [2.75, 3.05) is 0 Å². The Morgan fingerprint density at radius 3 is 2.44 bits per heavy atom. The highest BCUT2D eigenvalue weighted by Gasteiger charge is 2.26. The van der Waals surface area contributed by atoms with E-state index in [2.05, 4.69) is 30.7 Å². The van der Waals surface area contributed by atoms with Crippen LogP contribution in [0.25, 0.3) is 0 Å². The predicted octanol–water partition coefficient (Wildman–Crippen LogP) is 4.62. The first kappa shape index (κ1) is 13.8. The summed E-state index contributed by atoms with van der Waals surface area (Å²) in [6.45, 7) is 6.77. The molecule has 0 amide bonds. The third kappa shape index (κ3) is 3.23. The van der Waals surface area contributed by atoms with Crippen LogP contribution in [0.3, 0.4) is 0 Å². The molecular weight excluding hydrogens is 244 g/mol. The van der Waals surface area contributed by atoms with E-state index < -0.39 is 0 Å². The first-order valence-electron chi connectivity index (χ1n) is 7.13. The van der Waals surface area contributed by atoms with Crippen LogP contribution in [0.1, 0.15) is 63.9 Å². The highest BCUT2D eigenvalue weighted by atomic mass is 35.5. The number of rotatable bonds is 3. The first-order valence-corrected chi connectivity index (χ1v) is 7.51. The van der Waals surface area contributed by atoms with Crippen molar-refractivity contribution in [2.24, 2.45) is 11.8 Å². The molecule has 100 valence electrons. The number of nitrogens with zero attached hydrogens (tertiary/aromatic N) is 2. The van der Waals surface area contributed by atoms with Crippen LogP contribution in [0.2, 0.25) is 5.15 Å². The Morgan fingerprint density at radius 1 is 1.22 bits per heavy atom. The molecular formula is C15H23ClN2.